The van der Waals surface area contributed by atoms with Gasteiger partial charge >= 0.3 is 36.4 Å². The number of hydrogen-bond donors (Lipinski definition) is 3. The fourth-order valence-electron chi connectivity index (χ4n) is 4.43. The fraction of sp³-hybridized carbons (Fsp3) is 0.481. The second-order valence-electron chi connectivity index (χ2n) is 10.3. The Morgan fingerprint density at radius 3 is 1.43 bits per heavy atom. The molecule has 11 nitrogen and oxygen atoms in total. The number of carbonyl (C=O) groups is 4. The van der Waals surface area contributed by atoms with Gasteiger partial charge in [-0.05, 0) is 68.0 Å². The smallest absolute Gasteiger partial charge is 0.475 e. The van der Waals surface area contributed by atoms with Gasteiger partial charge in [0.2, 0.25) is 0 Å². The van der Waals surface area contributed by atoms with Crippen LogP contribution in [0.1, 0.15) is 41.6 Å². The van der Waals surface area contributed by atoms with Gasteiger partial charge in [-0.15, -0.1) is 0 Å². The lowest BCUT2D eigenvalue weighted by Crippen LogP contribution is -2.54. The number of alkyl halides is 9. The van der Waals surface area contributed by atoms with E-state index in [1.54, 1.807) is 24.5 Å². The number of nitrogens with zero attached hydrogens (tertiary/aromatic N) is 4. The number of aromatic nitrogens is 2. The summed E-state index contributed by atoms with van der Waals surface area (Å²) in [6.45, 7) is 2.74. The summed E-state index contributed by atoms with van der Waals surface area (Å²) >= 11 is 0. The summed E-state index contributed by atoms with van der Waals surface area (Å²) in [7, 11) is 2.22. The Bertz CT molecular complexity index is 1250. The van der Waals surface area contributed by atoms with Crippen molar-refractivity contribution in [3.8, 4) is 0 Å². The second-order valence-corrected chi connectivity index (χ2v) is 10.3. The number of carboxylic acid groups (broad SMARTS) is 3. The van der Waals surface area contributed by atoms with E-state index in [-0.39, 0.29) is 5.91 Å². The first-order valence-corrected chi connectivity index (χ1v) is 13.2. The Morgan fingerprint density at radius 1 is 0.745 bits per heavy atom. The molecular formula is C27H29F9N4O7. The van der Waals surface area contributed by atoms with Gasteiger partial charge in [-0.3, -0.25) is 19.7 Å². The molecule has 3 heterocycles. The lowest BCUT2D eigenvalue weighted by molar-refractivity contribution is -0.193. The van der Waals surface area contributed by atoms with Gasteiger partial charge in [-0.2, -0.15) is 39.5 Å². The molecule has 2 aromatic heterocycles. The van der Waals surface area contributed by atoms with Gasteiger partial charge in [0.15, 0.2) is 0 Å². The highest BCUT2D eigenvalue weighted by molar-refractivity contribution is 5.94. The minimum absolute atomic E-state index is 0.146. The zero-order valence-corrected chi connectivity index (χ0v) is 24.3. The second kappa shape index (κ2) is 16.9. The molecule has 1 aliphatic heterocycles. The highest BCUT2D eigenvalue weighted by Gasteiger charge is 2.47. The third kappa shape index (κ3) is 14.2. The summed E-state index contributed by atoms with van der Waals surface area (Å²) in [5.74, 6) is -8.12. The number of likely N-dealkylation sites (tertiary alicyclic amines) is 1. The predicted octanol–water partition coefficient (Wildman–Crippen LogP) is 4.89. The molecule has 47 heavy (non-hydrogen) atoms. The minimum atomic E-state index is -5.08. The fourth-order valence-corrected chi connectivity index (χ4v) is 4.43. The van der Waals surface area contributed by atoms with Gasteiger partial charge in [0, 0.05) is 56.0 Å². The number of aliphatic carboxylic acids is 3. The molecule has 1 saturated carbocycles. The van der Waals surface area contributed by atoms with E-state index in [9.17, 15) is 44.3 Å². The summed E-state index contributed by atoms with van der Waals surface area (Å²) in [6.07, 6.45) is -3.38. The van der Waals surface area contributed by atoms with E-state index < -0.39 is 36.4 Å². The topological polar surface area (TPSA) is 161 Å². The van der Waals surface area contributed by atoms with Crippen LogP contribution in [0.25, 0.3) is 0 Å². The van der Waals surface area contributed by atoms with Crippen LogP contribution in [0.15, 0.2) is 49.1 Å². The molecule has 1 saturated heterocycles. The molecule has 20 heteroatoms. The van der Waals surface area contributed by atoms with E-state index in [2.05, 4.69) is 34.0 Å². The van der Waals surface area contributed by atoms with Crippen molar-refractivity contribution in [1.82, 2.24) is 19.8 Å². The predicted molar refractivity (Wildman–Crippen MR) is 142 cm³/mol. The van der Waals surface area contributed by atoms with Crippen LogP contribution in [0, 0.1) is 5.41 Å². The number of halogens is 9. The van der Waals surface area contributed by atoms with Gasteiger partial charge < -0.3 is 20.2 Å². The maximum absolute atomic E-state index is 12.6. The van der Waals surface area contributed by atoms with E-state index in [1.165, 1.54) is 18.4 Å². The molecule has 1 spiro atoms. The van der Waals surface area contributed by atoms with Crippen molar-refractivity contribution >= 4 is 23.8 Å². The van der Waals surface area contributed by atoms with E-state index >= 15 is 0 Å². The Balaban J connectivity index is 0.000000430. The Hall–Kier alpha value is -4.49. The van der Waals surface area contributed by atoms with Crippen LogP contribution < -0.4 is 0 Å². The van der Waals surface area contributed by atoms with Gasteiger partial charge in [-0.25, -0.2) is 14.4 Å². The Morgan fingerprint density at radius 2 is 1.09 bits per heavy atom. The third-order valence-electron chi connectivity index (χ3n) is 6.91. The van der Waals surface area contributed by atoms with Crippen molar-refractivity contribution < 1.29 is 74.0 Å². The summed E-state index contributed by atoms with van der Waals surface area (Å²) in [4.78, 5) is 51.8. The van der Waals surface area contributed by atoms with Crippen LogP contribution in [0.2, 0.25) is 0 Å². The van der Waals surface area contributed by atoms with Crippen molar-refractivity contribution in [2.45, 2.75) is 56.8 Å². The molecule has 2 fully saturated rings. The molecule has 0 radical (unpaired) electrons. The molecule has 1 aliphatic carbocycles. The number of carbonyl (C=O) groups excluding carboxylic acids is 1. The molecule has 2 aliphatic rings. The van der Waals surface area contributed by atoms with Crippen LogP contribution in [0.3, 0.4) is 0 Å². The zero-order chi connectivity index (χ0) is 36.2. The monoisotopic (exact) mass is 692 g/mol. The molecule has 1 amide bonds. The summed E-state index contributed by atoms with van der Waals surface area (Å²) in [5, 5.41) is 21.4. The Labute approximate surface area is 260 Å². The molecule has 0 unspecified atom stereocenters. The normalized spacial score (nSPS) is 15.9. The molecule has 3 N–H and O–H groups in total. The third-order valence-corrected chi connectivity index (χ3v) is 6.91. The van der Waals surface area contributed by atoms with Crippen molar-refractivity contribution in [3.63, 3.8) is 0 Å². The Kier molecular flexibility index (Phi) is 14.6. The van der Waals surface area contributed by atoms with Crippen LogP contribution in [0.5, 0.6) is 0 Å². The van der Waals surface area contributed by atoms with E-state index in [4.69, 9.17) is 29.7 Å². The van der Waals surface area contributed by atoms with E-state index in [1.807, 2.05) is 17.3 Å². The molecule has 262 valence electrons. The molecule has 4 rings (SSSR count). The summed E-state index contributed by atoms with van der Waals surface area (Å²) < 4.78 is 95.2. The lowest BCUT2D eigenvalue weighted by Gasteiger charge is -2.54. The summed E-state index contributed by atoms with van der Waals surface area (Å²) in [5.41, 5.74) is 2.52. The van der Waals surface area contributed by atoms with Crippen LogP contribution in [-0.2, 0) is 20.9 Å². The maximum Gasteiger partial charge on any atom is 0.490 e. The standard InChI is InChI=1S/C21H26N4O.3C2HF3O2/c1-24(16-17-2-8-22-9-3-17)19-14-21(15-19)6-12-25(13-7-21)20(26)18-4-10-23-11-5-18;3*3-2(4,5)1(6)7/h2-5,8-11,19H,6-7,12-16H2,1H3;3*(H,6,7). The molecule has 0 atom stereocenters. The van der Waals surface area contributed by atoms with Gasteiger partial charge in [0.25, 0.3) is 5.91 Å². The number of amides is 1. The SMILES string of the molecule is CN(Cc1ccncc1)C1CC2(CCN(C(=O)c3ccncc3)CC2)C1.O=C(O)C(F)(F)F.O=C(O)C(F)(F)F.O=C(O)C(F)(F)F. The molecule has 2 aromatic rings. The first-order valence-electron chi connectivity index (χ1n) is 13.2. The van der Waals surface area contributed by atoms with E-state index in [0.717, 1.165) is 38.0 Å². The van der Waals surface area contributed by atoms with Crippen molar-refractivity contribution in [3.05, 3.63) is 60.2 Å². The number of hydrogen-bond acceptors (Lipinski definition) is 7. The number of carboxylic acids is 3. The first kappa shape index (κ1) is 40.5. The van der Waals surface area contributed by atoms with Crippen LogP contribution in [0.4, 0.5) is 39.5 Å². The van der Waals surface area contributed by atoms with Gasteiger partial charge in [0.05, 0.1) is 0 Å². The van der Waals surface area contributed by atoms with E-state index in [0.29, 0.717) is 11.5 Å². The van der Waals surface area contributed by atoms with Crippen molar-refractivity contribution in [1.29, 1.82) is 0 Å². The molecule has 0 aromatic carbocycles. The quantitative estimate of drug-likeness (QED) is 0.377. The van der Waals surface area contributed by atoms with Gasteiger partial charge in [0.1, 0.15) is 0 Å². The minimum Gasteiger partial charge on any atom is -0.475 e. The average molecular weight is 693 g/mol. The highest BCUT2D eigenvalue weighted by Crippen LogP contribution is 2.51. The number of piperidine rings is 1. The molecular weight excluding hydrogens is 663 g/mol. The number of pyridine rings is 2. The maximum atomic E-state index is 12.6. The first-order chi connectivity index (χ1) is 21.5. The van der Waals surface area contributed by atoms with Crippen molar-refractivity contribution in [2.24, 2.45) is 5.41 Å². The molecule has 0 bridgehead atoms. The summed E-state index contributed by atoms with van der Waals surface area (Å²) in [6, 6.07) is 8.45. The van der Waals surface area contributed by atoms with Crippen LogP contribution in [-0.4, -0.2) is 104 Å². The zero-order valence-electron chi connectivity index (χ0n) is 24.3. The number of rotatable bonds is 4. The lowest BCUT2D eigenvalue weighted by atomic mass is 9.60. The van der Waals surface area contributed by atoms with Crippen molar-refractivity contribution in [2.75, 3.05) is 20.1 Å². The highest BCUT2D eigenvalue weighted by atomic mass is 19.4. The average Bonchev–Trinajstić information content (AvgIpc) is 2.96. The van der Waals surface area contributed by atoms with Crippen LogP contribution >= 0.6 is 0 Å². The van der Waals surface area contributed by atoms with Gasteiger partial charge in [-0.1, -0.05) is 0 Å². The largest absolute Gasteiger partial charge is 0.490 e.